The van der Waals surface area contributed by atoms with Gasteiger partial charge in [0.1, 0.15) is 5.75 Å². The van der Waals surface area contributed by atoms with Crippen molar-refractivity contribution in [3.8, 4) is 5.75 Å². The first kappa shape index (κ1) is 14.9. The van der Waals surface area contributed by atoms with E-state index in [1.165, 1.54) is 6.21 Å². The van der Waals surface area contributed by atoms with Gasteiger partial charge in [-0.15, -0.1) is 0 Å². The van der Waals surface area contributed by atoms with Crippen LogP contribution in [-0.2, 0) is 4.79 Å². The number of hydrogen-bond donors (Lipinski definition) is 3. The lowest BCUT2D eigenvalue weighted by Crippen LogP contribution is -2.25. The molecular formula is C15H14ClN3O2. The van der Waals surface area contributed by atoms with Crippen LogP contribution >= 0.6 is 11.6 Å². The molecule has 0 radical (unpaired) electrons. The quantitative estimate of drug-likeness (QED) is 0.587. The van der Waals surface area contributed by atoms with Crippen molar-refractivity contribution in [2.45, 2.75) is 0 Å². The van der Waals surface area contributed by atoms with Crippen LogP contribution in [0.2, 0.25) is 5.02 Å². The zero-order valence-electron chi connectivity index (χ0n) is 11.1. The van der Waals surface area contributed by atoms with E-state index in [-0.39, 0.29) is 18.2 Å². The summed E-state index contributed by atoms with van der Waals surface area (Å²) in [5, 5.41) is 16.8. The number of carbonyl (C=O) groups excluding carboxylic acids is 1. The first-order valence-electron chi connectivity index (χ1n) is 6.24. The van der Waals surface area contributed by atoms with Crippen LogP contribution < -0.4 is 10.7 Å². The number of nitrogens with zero attached hydrogens (tertiary/aromatic N) is 1. The number of phenolic OH excluding ortho intramolecular Hbond substituents is 1. The lowest BCUT2D eigenvalue weighted by atomic mass is 10.2. The molecule has 0 atom stereocenters. The summed E-state index contributed by atoms with van der Waals surface area (Å²) in [5.41, 5.74) is 3.65. The third-order valence-corrected chi connectivity index (χ3v) is 2.84. The average molecular weight is 304 g/mol. The number of anilines is 1. The van der Waals surface area contributed by atoms with E-state index in [1.807, 2.05) is 6.07 Å². The van der Waals surface area contributed by atoms with Gasteiger partial charge in [0.2, 0.25) is 0 Å². The number of hydrazone groups is 1. The summed E-state index contributed by atoms with van der Waals surface area (Å²) in [6.07, 6.45) is 1.38. The minimum Gasteiger partial charge on any atom is -0.507 e. The normalized spacial score (nSPS) is 10.5. The second kappa shape index (κ2) is 7.31. The van der Waals surface area contributed by atoms with Gasteiger partial charge in [-0.3, -0.25) is 4.79 Å². The van der Waals surface area contributed by atoms with Crippen molar-refractivity contribution in [3.05, 3.63) is 59.1 Å². The molecule has 21 heavy (non-hydrogen) atoms. The molecule has 3 N–H and O–H groups in total. The lowest BCUT2D eigenvalue weighted by Gasteiger charge is -2.05. The number of hydrogen-bond acceptors (Lipinski definition) is 4. The maximum absolute atomic E-state index is 11.6. The molecule has 1 amide bonds. The van der Waals surface area contributed by atoms with Gasteiger partial charge in [-0.1, -0.05) is 29.8 Å². The highest BCUT2D eigenvalue weighted by molar-refractivity contribution is 6.30. The van der Waals surface area contributed by atoms with E-state index in [0.29, 0.717) is 10.6 Å². The number of rotatable bonds is 5. The van der Waals surface area contributed by atoms with Gasteiger partial charge in [-0.25, -0.2) is 5.43 Å². The van der Waals surface area contributed by atoms with E-state index in [4.69, 9.17) is 11.6 Å². The Hall–Kier alpha value is -2.53. The number of amides is 1. The van der Waals surface area contributed by atoms with Gasteiger partial charge in [0.15, 0.2) is 0 Å². The number of para-hydroxylation sites is 1. The second-order valence-corrected chi connectivity index (χ2v) is 4.65. The first-order chi connectivity index (χ1) is 10.1. The summed E-state index contributed by atoms with van der Waals surface area (Å²) in [4.78, 5) is 11.6. The molecule has 0 aliphatic carbocycles. The molecule has 0 unspecified atom stereocenters. The summed E-state index contributed by atoms with van der Waals surface area (Å²) in [5.74, 6) is -0.200. The fourth-order valence-corrected chi connectivity index (χ4v) is 1.78. The van der Waals surface area contributed by atoms with Crippen molar-refractivity contribution in [3.63, 3.8) is 0 Å². The predicted octanol–water partition coefficient (Wildman–Crippen LogP) is 2.61. The SMILES string of the molecule is O=C(CNc1cccc(Cl)c1)N/N=C/c1ccccc1O. The Kier molecular flexibility index (Phi) is 5.17. The van der Waals surface area contributed by atoms with Crippen molar-refractivity contribution in [2.24, 2.45) is 5.10 Å². The Morgan fingerprint density at radius 3 is 2.81 bits per heavy atom. The van der Waals surface area contributed by atoms with E-state index >= 15 is 0 Å². The second-order valence-electron chi connectivity index (χ2n) is 4.22. The lowest BCUT2D eigenvalue weighted by molar-refractivity contribution is -0.119. The van der Waals surface area contributed by atoms with Crippen LogP contribution in [0.3, 0.4) is 0 Å². The number of carbonyl (C=O) groups is 1. The van der Waals surface area contributed by atoms with E-state index in [1.54, 1.807) is 42.5 Å². The number of nitrogens with one attached hydrogen (secondary N) is 2. The summed E-state index contributed by atoms with van der Waals surface area (Å²) in [6, 6.07) is 13.8. The highest BCUT2D eigenvalue weighted by Crippen LogP contribution is 2.14. The molecule has 6 heteroatoms. The van der Waals surface area contributed by atoms with Crippen molar-refractivity contribution >= 4 is 29.4 Å². The van der Waals surface area contributed by atoms with Crippen LogP contribution in [0.4, 0.5) is 5.69 Å². The molecule has 0 heterocycles. The smallest absolute Gasteiger partial charge is 0.259 e. The molecule has 5 nitrogen and oxygen atoms in total. The topological polar surface area (TPSA) is 73.7 Å². The Morgan fingerprint density at radius 2 is 2.05 bits per heavy atom. The van der Waals surface area contributed by atoms with Gasteiger partial charge < -0.3 is 10.4 Å². The molecule has 2 aromatic rings. The van der Waals surface area contributed by atoms with Crippen LogP contribution in [-0.4, -0.2) is 23.8 Å². The molecule has 108 valence electrons. The van der Waals surface area contributed by atoms with Gasteiger partial charge in [-0.05, 0) is 30.3 Å². The number of benzene rings is 2. The van der Waals surface area contributed by atoms with Crippen molar-refractivity contribution < 1.29 is 9.90 Å². The molecular weight excluding hydrogens is 290 g/mol. The van der Waals surface area contributed by atoms with Crippen LogP contribution in [0, 0.1) is 0 Å². The van der Waals surface area contributed by atoms with Crippen LogP contribution in [0.5, 0.6) is 5.75 Å². The van der Waals surface area contributed by atoms with Gasteiger partial charge in [0, 0.05) is 16.3 Å². The highest BCUT2D eigenvalue weighted by atomic mass is 35.5. The minimum atomic E-state index is -0.304. The Morgan fingerprint density at radius 1 is 1.24 bits per heavy atom. The maximum Gasteiger partial charge on any atom is 0.259 e. The number of phenols is 1. The standard InChI is InChI=1S/C15H14ClN3O2/c16-12-5-3-6-13(8-12)17-10-15(21)19-18-9-11-4-1-2-7-14(11)20/h1-9,17,20H,10H2,(H,19,21)/b18-9+. The van der Waals surface area contributed by atoms with Crippen molar-refractivity contribution in [1.29, 1.82) is 0 Å². The van der Waals surface area contributed by atoms with Gasteiger partial charge in [-0.2, -0.15) is 5.10 Å². The Labute approximate surface area is 127 Å². The van der Waals surface area contributed by atoms with E-state index < -0.39 is 0 Å². The number of aromatic hydroxyl groups is 1. The fraction of sp³-hybridized carbons (Fsp3) is 0.0667. The average Bonchev–Trinajstić information content (AvgIpc) is 2.47. The highest BCUT2D eigenvalue weighted by Gasteiger charge is 2.00. The van der Waals surface area contributed by atoms with Gasteiger partial charge >= 0.3 is 0 Å². The molecule has 0 saturated carbocycles. The Balaban J connectivity index is 1.81. The zero-order chi connectivity index (χ0) is 15.1. The maximum atomic E-state index is 11.6. The molecule has 2 aromatic carbocycles. The van der Waals surface area contributed by atoms with E-state index in [0.717, 1.165) is 5.69 Å². The van der Waals surface area contributed by atoms with Gasteiger partial charge in [0.25, 0.3) is 5.91 Å². The third-order valence-electron chi connectivity index (χ3n) is 2.61. The predicted molar refractivity (Wildman–Crippen MR) is 83.8 cm³/mol. The van der Waals surface area contributed by atoms with Crippen LogP contribution in [0.15, 0.2) is 53.6 Å². The zero-order valence-corrected chi connectivity index (χ0v) is 11.8. The Bertz CT molecular complexity index is 659. The summed E-state index contributed by atoms with van der Waals surface area (Å²) < 4.78 is 0. The fourth-order valence-electron chi connectivity index (χ4n) is 1.59. The molecule has 0 aliphatic heterocycles. The number of halogens is 1. The molecule has 0 bridgehead atoms. The molecule has 0 saturated heterocycles. The molecule has 0 aromatic heterocycles. The summed E-state index contributed by atoms with van der Waals surface area (Å²) in [7, 11) is 0. The summed E-state index contributed by atoms with van der Waals surface area (Å²) >= 11 is 5.84. The first-order valence-corrected chi connectivity index (χ1v) is 6.62. The monoisotopic (exact) mass is 303 g/mol. The minimum absolute atomic E-state index is 0.0679. The van der Waals surface area contributed by atoms with Crippen molar-refractivity contribution in [2.75, 3.05) is 11.9 Å². The molecule has 0 aliphatic rings. The van der Waals surface area contributed by atoms with E-state index in [9.17, 15) is 9.90 Å². The van der Waals surface area contributed by atoms with Crippen molar-refractivity contribution in [1.82, 2.24) is 5.43 Å². The van der Waals surface area contributed by atoms with Gasteiger partial charge in [0.05, 0.1) is 12.8 Å². The molecule has 2 rings (SSSR count). The molecule has 0 spiro atoms. The largest absolute Gasteiger partial charge is 0.507 e. The van der Waals surface area contributed by atoms with Crippen LogP contribution in [0.25, 0.3) is 0 Å². The van der Waals surface area contributed by atoms with E-state index in [2.05, 4.69) is 15.8 Å². The molecule has 0 fully saturated rings. The third kappa shape index (κ3) is 4.81. The van der Waals surface area contributed by atoms with Crippen LogP contribution in [0.1, 0.15) is 5.56 Å². The summed E-state index contributed by atoms with van der Waals surface area (Å²) in [6.45, 7) is 0.0679.